The van der Waals surface area contributed by atoms with Crippen LogP contribution < -0.4 is 15.4 Å². The number of amides is 2. The fourth-order valence-electron chi connectivity index (χ4n) is 5.74. The summed E-state index contributed by atoms with van der Waals surface area (Å²) < 4.78 is 18.7. The first kappa shape index (κ1) is 33.3. The number of benzene rings is 5. The minimum atomic E-state index is -0.552. The Bertz CT molecular complexity index is 1770. The van der Waals surface area contributed by atoms with Crippen molar-refractivity contribution in [3.8, 4) is 16.9 Å². The molecule has 1 fully saturated rings. The molecule has 8 heteroatoms. The smallest absolute Gasteiger partial charge is 0.315 e. The molecule has 48 heavy (non-hydrogen) atoms. The second kappa shape index (κ2) is 16.5. The highest BCUT2D eigenvalue weighted by molar-refractivity contribution is 7.99. The monoisotopic (exact) mass is 660 g/mol. The summed E-state index contributed by atoms with van der Waals surface area (Å²) >= 11 is 1.72. The molecule has 0 saturated carbocycles. The highest BCUT2D eigenvalue weighted by atomic mass is 32.2. The fourth-order valence-corrected chi connectivity index (χ4v) is 6.78. The minimum absolute atomic E-state index is 0.00269. The predicted octanol–water partition coefficient (Wildman–Crippen LogP) is 8.19. The van der Waals surface area contributed by atoms with E-state index in [2.05, 4.69) is 47.0 Å². The largest absolute Gasteiger partial charge is 0.496 e. The summed E-state index contributed by atoms with van der Waals surface area (Å²) in [6.07, 6.45) is -0.0853. The van der Waals surface area contributed by atoms with Crippen LogP contribution in [0.2, 0.25) is 0 Å². The van der Waals surface area contributed by atoms with Crippen LogP contribution in [0.4, 0.5) is 4.79 Å². The number of carbonyl (C=O) groups excluding carboxylic acids is 1. The average molecular weight is 661 g/mol. The van der Waals surface area contributed by atoms with Gasteiger partial charge >= 0.3 is 6.03 Å². The summed E-state index contributed by atoms with van der Waals surface area (Å²) in [5, 5.41) is 15.5. The van der Waals surface area contributed by atoms with Gasteiger partial charge in [0, 0.05) is 35.7 Å². The molecule has 5 aromatic rings. The number of para-hydroxylation sites is 1. The van der Waals surface area contributed by atoms with E-state index in [0.717, 1.165) is 55.3 Å². The predicted molar refractivity (Wildman–Crippen MR) is 190 cm³/mol. The van der Waals surface area contributed by atoms with Gasteiger partial charge in [0.2, 0.25) is 0 Å². The molecule has 1 saturated heterocycles. The van der Waals surface area contributed by atoms with Gasteiger partial charge < -0.3 is 30.0 Å². The topological polar surface area (TPSA) is 89.0 Å². The Kier molecular flexibility index (Phi) is 11.4. The highest BCUT2D eigenvalue weighted by Gasteiger charge is 2.32. The Morgan fingerprint density at radius 3 is 2.23 bits per heavy atom. The molecule has 1 heterocycles. The van der Waals surface area contributed by atoms with E-state index in [1.54, 1.807) is 18.9 Å². The van der Waals surface area contributed by atoms with Crippen LogP contribution in [0.1, 0.15) is 46.6 Å². The number of rotatable bonds is 12. The third-order valence-corrected chi connectivity index (χ3v) is 9.54. The van der Waals surface area contributed by atoms with Crippen LogP contribution in [0, 0.1) is 0 Å². The molecule has 0 radical (unpaired) electrons. The first-order chi connectivity index (χ1) is 23.6. The number of nitrogens with one attached hydrogen (secondary N) is 2. The van der Waals surface area contributed by atoms with Crippen molar-refractivity contribution in [2.75, 3.05) is 12.9 Å². The maximum atomic E-state index is 12.5. The van der Waals surface area contributed by atoms with Gasteiger partial charge in [-0.1, -0.05) is 115 Å². The van der Waals surface area contributed by atoms with Crippen molar-refractivity contribution in [3.63, 3.8) is 0 Å². The Morgan fingerprint density at radius 2 is 1.46 bits per heavy atom. The normalized spacial score (nSPS) is 17.4. The second-order valence-corrected chi connectivity index (χ2v) is 12.7. The van der Waals surface area contributed by atoms with E-state index in [9.17, 15) is 9.90 Å². The lowest BCUT2D eigenvalue weighted by molar-refractivity contribution is -0.245. The molecule has 1 aliphatic heterocycles. The summed E-state index contributed by atoms with van der Waals surface area (Å²) in [4.78, 5) is 13.6. The van der Waals surface area contributed by atoms with Gasteiger partial charge in [-0.05, 0) is 45.5 Å². The quantitative estimate of drug-likeness (QED) is 0.117. The maximum absolute atomic E-state index is 12.5. The van der Waals surface area contributed by atoms with Gasteiger partial charge in [-0.25, -0.2) is 4.79 Å². The first-order valence-electron chi connectivity index (χ1n) is 16.1. The van der Waals surface area contributed by atoms with Gasteiger partial charge in [0.25, 0.3) is 0 Å². The standard InChI is InChI=1S/C40H40N2O5S/c1-45-36-13-7-8-14-38(36)48-27-34-23-37(31-17-15-29(26-43)16-18-31)47-39(46-34)32-21-19-30(20-22-32)35-12-6-5-11-33(35)25-42-40(44)41-24-28-9-3-2-4-10-28/h2-22,34,37,39,43H,23-27H2,1H3,(H2,41,42,44)/t34-,37+,39+/m0/s1. The summed E-state index contributed by atoms with van der Waals surface area (Å²) in [7, 11) is 1.69. The van der Waals surface area contributed by atoms with Crippen molar-refractivity contribution in [2.45, 2.75) is 49.5 Å². The van der Waals surface area contributed by atoms with Crippen LogP contribution in [0.25, 0.3) is 11.1 Å². The zero-order valence-corrected chi connectivity index (χ0v) is 27.7. The Hall–Kier alpha value is -4.60. The van der Waals surface area contributed by atoms with Crippen molar-refractivity contribution < 1.29 is 24.1 Å². The summed E-state index contributed by atoms with van der Waals surface area (Å²) in [6, 6.07) is 41.9. The summed E-state index contributed by atoms with van der Waals surface area (Å²) in [5.74, 6) is 1.59. The van der Waals surface area contributed by atoms with Crippen molar-refractivity contribution >= 4 is 17.8 Å². The lowest BCUT2D eigenvalue weighted by Crippen LogP contribution is -2.34. The van der Waals surface area contributed by atoms with Crippen LogP contribution in [-0.4, -0.2) is 30.1 Å². The Morgan fingerprint density at radius 1 is 0.771 bits per heavy atom. The van der Waals surface area contributed by atoms with Gasteiger partial charge in [0.1, 0.15) is 5.75 Å². The lowest BCUT2D eigenvalue weighted by atomic mass is 9.98. The summed E-state index contributed by atoms with van der Waals surface area (Å²) in [5.41, 5.74) is 7.00. The summed E-state index contributed by atoms with van der Waals surface area (Å²) in [6.45, 7) is 0.869. The van der Waals surface area contributed by atoms with E-state index in [1.807, 2.05) is 91.0 Å². The number of hydrogen-bond donors (Lipinski definition) is 3. The zero-order valence-electron chi connectivity index (χ0n) is 26.9. The van der Waals surface area contributed by atoms with Crippen molar-refractivity contribution in [2.24, 2.45) is 0 Å². The molecule has 0 aliphatic carbocycles. The molecule has 0 unspecified atom stereocenters. The van der Waals surface area contributed by atoms with Crippen LogP contribution in [-0.2, 0) is 29.2 Å². The number of carbonyl (C=O) groups is 1. The van der Waals surface area contributed by atoms with E-state index in [-0.39, 0.29) is 24.8 Å². The van der Waals surface area contributed by atoms with Gasteiger partial charge in [0.05, 0.1) is 25.9 Å². The second-order valence-electron chi connectivity index (χ2n) is 11.6. The minimum Gasteiger partial charge on any atom is -0.496 e. The molecule has 5 aromatic carbocycles. The van der Waals surface area contributed by atoms with Crippen LogP contribution >= 0.6 is 11.8 Å². The van der Waals surface area contributed by atoms with Crippen molar-refractivity contribution in [1.29, 1.82) is 0 Å². The average Bonchev–Trinajstić information content (AvgIpc) is 3.16. The Balaban J connectivity index is 1.15. The van der Waals surface area contributed by atoms with Gasteiger partial charge in [-0.2, -0.15) is 0 Å². The number of urea groups is 1. The Labute approximate surface area is 286 Å². The molecule has 3 atom stereocenters. The van der Waals surface area contributed by atoms with E-state index >= 15 is 0 Å². The maximum Gasteiger partial charge on any atom is 0.315 e. The number of thioether (sulfide) groups is 1. The third kappa shape index (κ3) is 8.65. The molecule has 0 bridgehead atoms. The molecule has 0 aromatic heterocycles. The SMILES string of the molecule is COc1ccccc1SC[C@@H]1C[C@H](c2ccc(CO)cc2)O[C@H](c2ccc(-c3ccccc3CNC(=O)NCc3ccccc3)cc2)O1. The highest BCUT2D eigenvalue weighted by Crippen LogP contribution is 2.41. The molecular formula is C40H40N2O5S. The molecule has 6 rings (SSSR count). The number of aliphatic hydroxyl groups excluding tert-OH is 1. The molecule has 246 valence electrons. The van der Waals surface area contributed by atoms with Crippen molar-refractivity contribution in [1.82, 2.24) is 10.6 Å². The van der Waals surface area contributed by atoms with Crippen LogP contribution in [0.15, 0.2) is 132 Å². The van der Waals surface area contributed by atoms with E-state index in [1.165, 1.54) is 0 Å². The molecule has 3 N–H and O–H groups in total. The zero-order chi connectivity index (χ0) is 33.1. The van der Waals surface area contributed by atoms with Crippen LogP contribution in [0.3, 0.4) is 0 Å². The number of ether oxygens (including phenoxy) is 3. The molecule has 1 aliphatic rings. The van der Waals surface area contributed by atoms with Crippen molar-refractivity contribution in [3.05, 3.63) is 155 Å². The number of aliphatic hydroxyl groups is 1. The number of methoxy groups -OCH3 is 1. The van der Waals surface area contributed by atoms with E-state index in [0.29, 0.717) is 19.5 Å². The third-order valence-electron chi connectivity index (χ3n) is 8.36. The molecule has 7 nitrogen and oxygen atoms in total. The van der Waals surface area contributed by atoms with Gasteiger partial charge in [-0.15, -0.1) is 11.8 Å². The lowest BCUT2D eigenvalue weighted by Gasteiger charge is -2.36. The molecule has 0 spiro atoms. The van der Waals surface area contributed by atoms with E-state index in [4.69, 9.17) is 14.2 Å². The molecular weight excluding hydrogens is 621 g/mol. The first-order valence-corrected chi connectivity index (χ1v) is 17.1. The fraction of sp³-hybridized carbons (Fsp3) is 0.225. The van der Waals surface area contributed by atoms with E-state index < -0.39 is 6.29 Å². The van der Waals surface area contributed by atoms with Gasteiger partial charge in [0.15, 0.2) is 6.29 Å². The van der Waals surface area contributed by atoms with Gasteiger partial charge in [-0.3, -0.25) is 0 Å². The number of hydrogen-bond acceptors (Lipinski definition) is 6. The van der Waals surface area contributed by atoms with Crippen LogP contribution in [0.5, 0.6) is 5.75 Å². The molecule has 2 amide bonds.